The quantitative estimate of drug-likeness (QED) is 0.452. The van der Waals surface area contributed by atoms with Crippen LogP contribution in [0.25, 0.3) is 11.0 Å². The first-order valence-corrected chi connectivity index (χ1v) is 8.10. The zero-order valence-electron chi connectivity index (χ0n) is 14.2. The summed E-state index contributed by atoms with van der Waals surface area (Å²) < 4.78 is 0. The summed E-state index contributed by atoms with van der Waals surface area (Å²) in [5, 5.41) is 16.1. The minimum atomic E-state index is -1.14. The third-order valence-corrected chi connectivity index (χ3v) is 3.64. The van der Waals surface area contributed by atoms with Crippen molar-refractivity contribution in [2.75, 3.05) is 11.9 Å². The average Bonchev–Trinajstić information content (AvgIpc) is 3.07. The van der Waals surface area contributed by atoms with Gasteiger partial charge in [-0.2, -0.15) is 0 Å². The number of anilines is 1. The van der Waals surface area contributed by atoms with E-state index in [-0.39, 0.29) is 13.5 Å². The standard InChI is InChI=1S/C18H17N5O4.H2/c24-16(25)10-19-17(26)11-4-3-5-12(8-11)21-18(27)20-9-15-22-13-6-1-2-7-14(13)23-15;/h1-8H,9-10H2,(H,19,26)(H,22,23)(H,24,25)(H2,20,21,27);1H. The van der Waals surface area contributed by atoms with Crippen molar-refractivity contribution in [3.63, 3.8) is 0 Å². The number of H-pyrrole nitrogens is 1. The number of para-hydroxylation sites is 2. The highest BCUT2D eigenvalue weighted by Crippen LogP contribution is 2.12. The lowest BCUT2D eigenvalue weighted by Crippen LogP contribution is -2.30. The second kappa shape index (κ2) is 8.00. The molecule has 5 N–H and O–H groups in total. The molecule has 0 aliphatic carbocycles. The second-order valence-corrected chi connectivity index (χ2v) is 5.67. The summed E-state index contributed by atoms with van der Waals surface area (Å²) in [6.07, 6.45) is 0. The Morgan fingerprint density at radius 1 is 1.07 bits per heavy atom. The van der Waals surface area contributed by atoms with Crippen LogP contribution in [-0.4, -0.2) is 39.5 Å². The SMILES string of the molecule is O=C(O)CNC(=O)c1cccc(NC(=O)NCc2nc3ccccc3[nH]2)c1.[HH]. The maximum absolute atomic E-state index is 12.1. The first-order chi connectivity index (χ1) is 13.0. The number of rotatable bonds is 6. The van der Waals surface area contributed by atoms with Crippen molar-refractivity contribution in [2.24, 2.45) is 0 Å². The van der Waals surface area contributed by atoms with Crippen LogP contribution in [0.4, 0.5) is 10.5 Å². The maximum atomic E-state index is 12.1. The van der Waals surface area contributed by atoms with E-state index in [4.69, 9.17) is 5.11 Å². The molecule has 1 aromatic heterocycles. The molecule has 0 atom stereocenters. The van der Waals surface area contributed by atoms with Gasteiger partial charge in [-0.15, -0.1) is 0 Å². The monoisotopic (exact) mass is 369 g/mol. The highest BCUT2D eigenvalue weighted by molar-refractivity contribution is 5.98. The summed E-state index contributed by atoms with van der Waals surface area (Å²) in [5.74, 6) is -1.06. The predicted octanol–water partition coefficient (Wildman–Crippen LogP) is 1.94. The van der Waals surface area contributed by atoms with Crippen molar-refractivity contribution < 1.29 is 20.9 Å². The van der Waals surface area contributed by atoms with E-state index in [1.54, 1.807) is 12.1 Å². The number of carbonyl (C=O) groups excluding carboxylic acids is 2. The fraction of sp³-hybridized carbons (Fsp3) is 0.111. The molecule has 3 rings (SSSR count). The predicted molar refractivity (Wildman–Crippen MR) is 100 cm³/mol. The Morgan fingerprint density at radius 2 is 1.89 bits per heavy atom. The number of nitrogens with one attached hydrogen (secondary N) is 4. The third kappa shape index (κ3) is 4.82. The van der Waals surface area contributed by atoms with Crippen LogP contribution in [0.5, 0.6) is 0 Å². The van der Waals surface area contributed by atoms with Crippen LogP contribution in [0.1, 0.15) is 17.6 Å². The van der Waals surface area contributed by atoms with Gasteiger partial charge in [0.15, 0.2) is 0 Å². The van der Waals surface area contributed by atoms with E-state index < -0.39 is 24.5 Å². The minimum absolute atomic E-state index is 0. The molecule has 1 heterocycles. The number of urea groups is 1. The highest BCUT2D eigenvalue weighted by atomic mass is 16.4. The molecule has 0 saturated heterocycles. The number of aromatic nitrogens is 2. The second-order valence-electron chi connectivity index (χ2n) is 5.67. The number of hydrogen-bond acceptors (Lipinski definition) is 4. The molecule has 9 nitrogen and oxygen atoms in total. The van der Waals surface area contributed by atoms with Gasteiger partial charge < -0.3 is 26.0 Å². The summed E-state index contributed by atoms with van der Waals surface area (Å²) >= 11 is 0. The Kier molecular flexibility index (Phi) is 5.31. The third-order valence-electron chi connectivity index (χ3n) is 3.64. The molecular weight excluding hydrogens is 350 g/mol. The van der Waals surface area contributed by atoms with Crippen molar-refractivity contribution in [2.45, 2.75) is 6.54 Å². The lowest BCUT2D eigenvalue weighted by atomic mass is 10.2. The van der Waals surface area contributed by atoms with Gasteiger partial charge in [0.1, 0.15) is 12.4 Å². The summed E-state index contributed by atoms with van der Waals surface area (Å²) in [4.78, 5) is 41.9. The Morgan fingerprint density at radius 3 is 2.67 bits per heavy atom. The fourth-order valence-electron chi connectivity index (χ4n) is 2.42. The minimum Gasteiger partial charge on any atom is -0.480 e. The Labute approximate surface area is 155 Å². The Balaban J connectivity index is 0.00000280. The lowest BCUT2D eigenvalue weighted by molar-refractivity contribution is -0.135. The number of benzene rings is 2. The normalized spacial score (nSPS) is 10.4. The molecule has 3 amide bonds. The maximum Gasteiger partial charge on any atom is 0.322 e. The number of nitrogens with zero attached hydrogens (tertiary/aromatic N) is 1. The van der Waals surface area contributed by atoms with Crippen molar-refractivity contribution in [1.82, 2.24) is 20.6 Å². The summed E-state index contributed by atoms with van der Waals surface area (Å²) in [7, 11) is 0. The van der Waals surface area contributed by atoms with E-state index in [0.29, 0.717) is 11.5 Å². The van der Waals surface area contributed by atoms with Gasteiger partial charge in [-0.3, -0.25) is 9.59 Å². The zero-order chi connectivity index (χ0) is 19.2. The van der Waals surface area contributed by atoms with Crippen molar-refractivity contribution in [1.29, 1.82) is 0 Å². The zero-order valence-corrected chi connectivity index (χ0v) is 14.2. The first-order valence-electron chi connectivity index (χ1n) is 8.10. The average molecular weight is 369 g/mol. The smallest absolute Gasteiger partial charge is 0.322 e. The van der Waals surface area contributed by atoms with Crippen LogP contribution in [0, 0.1) is 0 Å². The molecule has 0 aliphatic heterocycles. The summed E-state index contributed by atoms with van der Waals surface area (Å²) in [5.41, 5.74) is 2.34. The molecule has 3 aromatic rings. The van der Waals surface area contributed by atoms with Gasteiger partial charge in [0.2, 0.25) is 0 Å². The Bertz CT molecular complexity index is 971. The van der Waals surface area contributed by atoms with Crippen LogP contribution in [0.15, 0.2) is 48.5 Å². The van der Waals surface area contributed by atoms with E-state index in [1.807, 2.05) is 24.3 Å². The fourth-order valence-corrected chi connectivity index (χ4v) is 2.42. The van der Waals surface area contributed by atoms with Crippen LogP contribution < -0.4 is 16.0 Å². The number of carbonyl (C=O) groups is 3. The van der Waals surface area contributed by atoms with Gasteiger partial charge in [0.05, 0.1) is 17.6 Å². The molecular formula is C18H19N5O4. The van der Waals surface area contributed by atoms with Gasteiger partial charge in [-0.05, 0) is 30.3 Å². The van der Waals surface area contributed by atoms with Crippen LogP contribution in [0.3, 0.4) is 0 Å². The molecule has 0 radical (unpaired) electrons. The molecule has 0 aliphatic rings. The number of imidazole rings is 1. The van der Waals surface area contributed by atoms with Crippen LogP contribution >= 0.6 is 0 Å². The Hall–Kier alpha value is -3.88. The van der Waals surface area contributed by atoms with Crippen molar-refractivity contribution in [3.8, 4) is 0 Å². The summed E-state index contributed by atoms with van der Waals surface area (Å²) in [6.45, 7) is -0.270. The van der Waals surface area contributed by atoms with E-state index in [9.17, 15) is 14.4 Å². The van der Waals surface area contributed by atoms with E-state index >= 15 is 0 Å². The van der Waals surface area contributed by atoms with Gasteiger partial charge in [-0.25, -0.2) is 9.78 Å². The lowest BCUT2D eigenvalue weighted by Gasteiger charge is -2.08. The number of aliphatic carboxylic acids is 1. The van der Waals surface area contributed by atoms with E-state index in [2.05, 4.69) is 25.9 Å². The van der Waals surface area contributed by atoms with Gasteiger partial charge in [-0.1, -0.05) is 18.2 Å². The van der Waals surface area contributed by atoms with E-state index in [0.717, 1.165) is 11.0 Å². The molecule has 0 bridgehead atoms. The molecule has 0 fully saturated rings. The van der Waals surface area contributed by atoms with E-state index in [1.165, 1.54) is 12.1 Å². The molecule has 140 valence electrons. The van der Waals surface area contributed by atoms with Crippen LogP contribution in [-0.2, 0) is 11.3 Å². The largest absolute Gasteiger partial charge is 0.480 e. The molecule has 9 heteroatoms. The van der Waals surface area contributed by atoms with Gasteiger partial charge in [0.25, 0.3) is 5.91 Å². The molecule has 0 saturated carbocycles. The number of carboxylic acids is 1. The molecule has 0 spiro atoms. The number of carboxylic acid groups (broad SMARTS) is 1. The number of aromatic amines is 1. The van der Waals surface area contributed by atoms with Crippen LogP contribution in [0.2, 0.25) is 0 Å². The topological polar surface area (TPSA) is 136 Å². The highest BCUT2D eigenvalue weighted by Gasteiger charge is 2.09. The molecule has 27 heavy (non-hydrogen) atoms. The van der Waals surface area contributed by atoms with Gasteiger partial charge >= 0.3 is 12.0 Å². The van der Waals surface area contributed by atoms with Crippen molar-refractivity contribution in [3.05, 3.63) is 59.9 Å². The molecule has 2 aromatic carbocycles. The van der Waals surface area contributed by atoms with Crippen molar-refractivity contribution >= 4 is 34.6 Å². The number of fused-ring (bicyclic) bond motifs is 1. The number of hydrogen-bond donors (Lipinski definition) is 5. The van der Waals surface area contributed by atoms with Gasteiger partial charge in [0, 0.05) is 12.7 Å². The molecule has 0 unspecified atom stereocenters. The summed E-state index contributed by atoms with van der Waals surface area (Å²) in [6, 6.07) is 13.3. The number of amides is 3. The first kappa shape index (κ1) is 17.9.